The number of ketones is 1. The molecular formula is C25H28ClNO5. The zero-order chi connectivity index (χ0) is 23.4. The smallest absolute Gasteiger partial charge is 0.295 e. The zero-order valence-corrected chi connectivity index (χ0v) is 19.5. The molecule has 0 bridgehead atoms. The summed E-state index contributed by atoms with van der Waals surface area (Å²) in [5.74, 6) is -1.26. The Morgan fingerprint density at radius 3 is 2.56 bits per heavy atom. The van der Waals surface area contributed by atoms with Gasteiger partial charge in [0.15, 0.2) is 0 Å². The monoisotopic (exact) mass is 457 g/mol. The van der Waals surface area contributed by atoms with Crippen LogP contribution in [-0.2, 0) is 14.3 Å². The maximum atomic E-state index is 13.1. The van der Waals surface area contributed by atoms with Crippen molar-refractivity contribution in [1.29, 1.82) is 0 Å². The fourth-order valence-corrected chi connectivity index (χ4v) is 3.96. The highest BCUT2D eigenvalue weighted by Gasteiger charge is 2.46. The van der Waals surface area contributed by atoms with Crippen LogP contribution in [0.25, 0.3) is 5.76 Å². The van der Waals surface area contributed by atoms with Gasteiger partial charge in [0.05, 0.1) is 36.0 Å². The highest BCUT2D eigenvalue weighted by atomic mass is 35.5. The number of hydrogen-bond donors (Lipinski definition) is 1. The standard InChI is InChI=1S/C25H28ClNO5/c1-5-31-20-14-17(10-11-19(20)26)23(28)21-22(18-9-7-6-8-16(18)4)27(25(30)24(21)29)12-13-32-15(2)3/h6-11,14-15,22,28H,5,12-13H2,1-4H3/b23-21+. The van der Waals surface area contributed by atoms with Crippen LogP contribution in [0.1, 0.15) is 43.5 Å². The molecular weight excluding hydrogens is 430 g/mol. The van der Waals surface area contributed by atoms with Gasteiger partial charge >= 0.3 is 0 Å². The number of aliphatic hydroxyl groups is 1. The van der Waals surface area contributed by atoms with Gasteiger partial charge in [0.25, 0.3) is 11.7 Å². The molecule has 0 aromatic heterocycles. The van der Waals surface area contributed by atoms with E-state index in [1.807, 2.05) is 52.0 Å². The van der Waals surface area contributed by atoms with E-state index in [1.165, 1.54) is 4.90 Å². The average molecular weight is 458 g/mol. The summed E-state index contributed by atoms with van der Waals surface area (Å²) in [5, 5.41) is 11.6. The number of carbonyl (C=O) groups is 2. The molecule has 0 saturated carbocycles. The number of Topliss-reactive ketones (excluding diaryl/α,β-unsaturated/α-hetero) is 1. The van der Waals surface area contributed by atoms with Crippen molar-refractivity contribution < 1.29 is 24.2 Å². The van der Waals surface area contributed by atoms with Crippen molar-refractivity contribution >= 4 is 29.1 Å². The lowest BCUT2D eigenvalue weighted by molar-refractivity contribution is -0.140. The number of aliphatic hydroxyl groups excluding tert-OH is 1. The molecule has 6 nitrogen and oxygen atoms in total. The van der Waals surface area contributed by atoms with Crippen LogP contribution in [0.15, 0.2) is 48.0 Å². The summed E-state index contributed by atoms with van der Waals surface area (Å²) in [5.41, 5.74) is 2.08. The number of nitrogens with zero attached hydrogens (tertiary/aromatic N) is 1. The van der Waals surface area contributed by atoms with Gasteiger partial charge in [-0.2, -0.15) is 0 Å². The normalized spacial score (nSPS) is 17.9. The molecule has 1 heterocycles. The summed E-state index contributed by atoms with van der Waals surface area (Å²) in [6, 6.07) is 11.6. The van der Waals surface area contributed by atoms with Crippen molar-refractivity contribution in [1.82, 2.24) is 4.90 Å². The van der Waals surface area contributed by atoms with E-state index >= 15 is 0 Å². The Labute approximate surface area is 193 Å². The molecule has 2 aromatic carbocycles. The molecule has 1 aliphatic rings. The number of halogens is 1. The largest absolute Gasteiger partial charge is 0.507 e. The molecule has 32 heavy (non-hydrogen) atoms. The minimum absolute atomic E-state index is 0.00483. The minimum atomic E-state index is -0.729. The lowest BCUT2D eigenvalue weighted by atomic mass is 9.92. The summed E-state index contributed by atoms with van der Waals surface area (Å²) < 4.78 is 11.1. The number of benzene rings is 2. The van der Waals surface area contributed by atoms with Crippen LogP contribution in [0.3, 0.4) is 0 Å². The average Bonchev–Trinajstić information content (AvgIpc) is 3.00. The lowest BCUT2D eigenvalue weighted by Crippen LogP contribution is -2.33. The molecule has 1 amide bonds. The van der Waals surface area contributed by atoms with Crippen LogP contribution in [0.2, 0.25) is 5.02 Å². The van der Waals surface area contributed by atoms with Gasteiger partial charge in [0.2, 0.25) is 0 Å². The van der Waals surface area contributed by atoms with Crippen LogP contribution in [0, 0.1) is 6.92 Å². The number of hydrogen-bond acceptors (Lipinski definition) is 5. The third-order valence-corrected chi connectivity index (χ3v) is 5.62. The lowest BCUT2D eigenvalue weighted by Gasteiger charge is -2.26. The number of amides is 1. The van der Waals surface area contributed by atoms with Gasteiger partial charge in [0, 0.05) is 12.1 Å². The van der Waals surface area contributed by atoms with E-state index < -0.39 is 17.7 Å². The molecule has 1 aliphatic heterocycles. The Hall–Kier alpha value is -2.83. The SMILES string of the molecule is CCOc1cc(/C(O)=C2\C(=O)C(=O)N(CCOC(C)C)C2c2ccccc2C)ccc1Cl. The quantitative estimate of drug-likeness (QED) is 0.347. The van der Waals surface area contributed by atoms with Gasteiger partial charge in [-0.05, 0) is 57.0 Å². The van der Waals surface area contributed by atoms with Gasteiger partial charge < -0.3 is 19.5 Å². The van der Waals surface area contributed by atoms with E-state index in [4.69, 9.17) is 21.1 Å². The van der Waals surface area contributed by atoms with E-state index in [2.05, 4.69) is 0 Å². The van der Waals surface area contributed by atoms with Crippen LogP contribution >= 0.6 is 11.6 Å². The Morgan fingerprint density at radius 1 is 1.19 bits per heavy atom. The van der Waals surface area contributed by atoms with Crippen molar-refractivity contribution in [2.75, 3.05) is 19.8 Å². The van der Waals surface area contributed by atoms with E-state index in [-0.39, 0.29) is 30.6 Å². The number of rotatable bonds is 8. The zero-order valence-electron chi connectivity index (χ0n) is 18.7. The number of likely N-dealkylation sites (tertiary alicyclic amines) is 1. The molecule has 2 aromatic rings. The topological polar surface area (TPSA) is 76.1 Å². The third kappa shape index (κ3) is 4.81. The molecule has 1 fully saturated rings. The predicted octanol–water partition coefficient (Wildman–Crippen LogP) is 4.89. The molecule has 0 radical (unpaired) electrons. The fraction of sp³-hybridized carbons (Fsp3) is 0.360. The minimum Gasteiger partial charge on any atom is -0.507 e. The second-order valence-electron chi connectivity index (χ2n) is 7.85. The summed E-state index contributed by atoms with van der Waals surface area (Å²) in [4.78, 5) is 27.5. The molecule has 3 rings (SSSR count). The van der Waals surface area contributed by atoms with Gasteiger partial charge in [-0.25, -0.2) is 0 Å². The van der Waals surface area contributed by atoms with E-state index in [0.717, 1.165) is 11.1 Å². The van der Waals surface area contributed by atoms with Crippen molar-refractivity contribution in [3.8, 4) is 5.75 Å². The van der Waals surface area contributed by atoms with Crippen molar-refractivity contribution in [2.45, 2.75) is 39.8 Å². The second kappa shape index (κ2) is 10.2. The van der Waals surface area contributed by atoms with Crippen LogP contribution in [0.4, 0.5) is 0 Å². The predicted molar refractivity (Wildman–Crippen MR) is 124 cm³/mol. The maximum Gasteiger partial charge on any atom is 0.295 e. The van der Waals surface area contributed by atoms with Gasteiger partial charge in [-0.15, -0.1) is 0 Å². The summed E-state index contributed by atoms with van der Waals surface area (Å²) in [6.07, 6.45) is -0.00483. The van der Waals surface area contributed by atoms with Crippen molar-refractivity contribution in [3.63, 3.8) is 0 Å². The summed E-state index contributed by atoms with van der Waals surface area (Å²) in [7, 11) is 0. The van der Waals surface area contributed by atoms with Crippen LogP contribution in [0.5, 0.6) is 5.75 Å². The second-order valence-corrected chi connectivity index (χ2v) is 8.25. The summed E-state index contributed by atoms with van der Waals surface area (Å²) >= 11 is 6.18. The first kappa shape index (κ1) is 23.8. The number of carbonyl (C=O) groups excluding carboxylic acids is 2. The molecule has 1 N–H and O–H groups in total. The van der Waals surface area contributed by atoms with Gasteiger partial charge in [0.1, 0.15) is 11.5 Å². The Kier molecular flexibility index (Phi) is 7.59. The Morgan fingerprint density at radius 2 is 1.91 bits per heavy atom. The first-order valence-electron chi connectivity index (χ1n) is 10.6. The first-order chi connectivity index (χ1) is 15.3. The van der Waals surface area contributed by atoms with Crippen molar-refractivity contribution in [2.24, 2.45) is 0 Å². The molecule has 0 spiro atoms. The molecule has 0 aliphatic carbocycles. The van der Waals surface area contributed by atoms with E-state index in [0.29, 0.717) is 22.9 Å². The van der Waals surface area contributed by atoms with Crippen LogP contribution < -0.4 is 4.74 Å². The number of aryl methyl sites for hydroxylation is 1. The first-order valence-corrected chi connectivity index (χ1v) is 11.0. The number of ether oxygens (including phenoxy) is 2. The molecule has 7 heteroatoms. The summed E-state index contributed by atoms with van der Waals surface area (Å²) in [6.45, 7) is 8.45. The molecule has 170 valence electrons. The molecule has 1 atom stereocenters. The van der Waals surface area contributed by atoms with Gasteiger partial charge in [-0.3, -0.25) is 9.59 Å². The third-order valence-electron chi connectivity index (χ3n) is 5.31. The van der Waals surface area contributed by atoms with Gasteiger partial charge in [-0.1, -0.05) is 35.9 Å². The van der Waals surface area contributed by atoms with Crippen LogP contribution in [-0.4, -0.2) is 47.6 Å². The Bertz CT molecular complexity index is 1050. The highest BCUT2D eigenvalue weighted by molar-refractivity contribution is 6.46. The maximum absolute atomic E-state index is 13.1. The molecule has 1 unspecified atom stereocenters. The molecule has 1 saturated heterocycles. The highest BCUT2D eigenvalue weighted by Crippen LogP contribution is 2.41. The van der Waals surface area contributed by atoms with E-state index in [1.54, 1.807) is 18.2 Å². The fourth-order valence-electron chi connectivity index (χ4n) is 3.79. The van der Waals surface area contributed by atoms with Crippen molar-refractivity contribution in [3.05, 3.63) is 69.8 Å². The Balaban J connectivity index is 2.13. The van der Waals surface area contributed by atoms with E-state index in [9.17, 15) is 14.7 Å².